The lowest BCUT2D eigenvalue weighted by molar-refractivity contribution is -0.144. The van der Waals surface area contributed by atoms with Gasteiger partial charge in [0.05, 0.1) is 12.2 Å². The van der Waals surface area contributed by atoms with Gasteiger partial charge in [-0.15, -0.1) is 0 Å². The van der Waals surface area contributed by atoms with E-state index in [1.54, 1.807) is 12.1 Å². The van der Waals surface area contributed by atoms with Gasteiger partial charge in [-0.05, 0) is 34.1 Å². The Morgan fingerprint density at radius 3 is 2.79 bits per heavy atom. The lowest BCUT2D eigenvalue weighted by Crippen LogP contribution is -2.55. The number of rotatable bonds is 3. The summed E-state index contributed by atoms with van der Waals surface area (Å²) >= 11 is 9.07. The molecule has 7 heteroatoms. The standard InChI is InChI=1S/C12H11BrClNO4/c13-9-2-1-7(14)5-8(9)10(16)15-12(11(17)18)3-4-19-6-12/h1-2,5H,3-4,6H2,(H,15,16)(H,17,18). The van der Waals surface area contributed by atoms with Crippen molar-refractivity contribution < 1.29 is 19.4 Å². The number of carboxylic acids is 1. The predicted octanol–water partition coefficient (Wildman–Crippen LogP) is 2.08. The van der Waals surface area contributed by atoms with Gasteiger partial charge in [-0.2, -0.15) is 0 Å². The third-order valence-corrected chi connectivity index (χ3v) is 3.88. The van der Waals surface area contributed by atoms with E-state index in [1.807, 2.05) is 0 Å². The predicted molar refractivity (Wildman–Crippen MR) is 72.4 cm³/mol. The van der Waals surface area contributed by atoms with Crippen molar-refractivity contribution in [1.29, 1.82) is 0 Å². The number of hydrogen-bond donors (Lipinski definition) is 2. The second kappa shape index (κ2) is 5.48. The number of ether oxygens (including phenoxy) is 1. The summed E-state index contributed by atoms with van der Waals surface area (Å²) < 4.78 is 5.63. The van der Waals surface area contributed by atoms with Crippen LogP contribution >= 0.6 is 27.5 Å². The monoisotopic (exact) mass is 347 g/mol. The van der Waals surface area contributed by atoms with E-state index in [4.69, 9.17) is 16.3 Å². The molecule has 0 saturated carbocycles. The Kier molecular flexibility index (Phi) is 4.13. The molecule has 1 fully saturated rings. The Morgan fingerprint density at radius 1 is 1.47 bits per heavy atom. The summed E-state index contributed by atoms with van der Waals surface area (Å²) in [6, 6.07) is 4.75. The smallest absolute Gasteiger partial charge is 0.331 e. The first-order chi connectivity index (χ1) is 8.94. The zero-order valence-corrected chi connectivity index (χ0v) is 12.1. The quantitative estimate of drug-likeness (QED) is 0.877. The lowest BCUT2D eigenvalue weighted by atomic mass is 9.98. The highest BCUT2D eigenvalue weighted by atomic mass is 79.9. The first-order valence-corrected chi connectivity index (χ1v) is 6.70. The maximum Gasteiger partial charge on any atom is 0.331 e. The van der Waals surface area contributed by atoms with Crippen molar-refractivity contribution in [3.63, 3.8) is 0 Å². The largest absolute Gasteiger partial charge is 0.479 e. The molecule has 1 amide bonds. The zero-order valence-electron chi connectivity index (χ0n) is 9.78. The van der Waals surface area contributed by atoms with E-state index in [9.17, 15) is 14.7 Å². The number of carbonyl (C=O) groups excluding carboxylic acids is 1. The van der Waals surface area contributed by atoms with Crippen LogP contribution in [0.1, 0.15) is 16.8 Å². The molecule has 5 nitrogen and oxygen atoms in total. The summed E-state index contributed by atoms with van der Waals surface area (Å²) in [7, 11) is 0. The van der Waals surface area contributed by atoms with E-state index >= 15 is 0 Å². The van der Waals surface area contributed by atoms with Crippen LogP contribution in [0.25, 0.3) is 0 Å². The van der Waals surface area contributed by atoms with Crippen LogP contribution in [-0.2, 0) is 9.53 Å². The molecule has 1 unspecified atom stereocenters. The van der Waals surface area contributed by atoms with Crippen LogP contribution in [0.5, 0.6) is 0 Å². The van der Waals surface area contributed by atoms with Crippen molar-refractivity contribution in [1.82, 2.24) is 5.32 Å². The molecule has 1 aliphatic heterocycles. The number of aliphatic carboxylic acids is 1. The number of carbonyl (C=O) groups is 2. The van der Waals surface area contributed by atoms with Crippen LogP contribution in [0.2, 0.25) is 5.02 Å². The minimum atomic E-state index is -1.36. The number of amides is 1. The summed E-state index contributed by atoms with van der Waals surface area (Å²) in [5, 5.41) is 12.2. The van der Waals surface area contributed by atoms with Gasteiger partial charge in [0.2, 0.25) is 0 Å². The van der Waals surface area contributed by atoms with E-state index < -0.39 is 17.4 Å². The molecule has 2 N–H and O–H groups in total. The second-order valence-corrected chi connectivity index (χ2v) is 5.56. The Morgan fingerprint density at radius 2 is 2.21 bits per heavy atom. The molecule has 0 aliphatic carbocycles. The molecule has 102 valence electrons. The molecule has 19 heavy (non-hydrogen) atoms. The number of hydrogen-bond acceptors (Lipinski definition) is 3. The third-order valence-electron chi connectivity index (χ3n) is 2.96. The molecule has 1 heterocycles. The fraction of sp³-hybridized carbons (Fsp3) is 0.333. The summed E-state index contributed by atoms with van der Waals surface area (Å²) in [5.74, 6) is -1.60. The molecule has 1 atom stereocenters. The van der Waals surface area contributed by atoms with Gasteiger partial charge in [0.15, 0.2) is 5.54 Å². The van der Waals surface area contributed by atoms with Crippen LogP contribution in [0, 0.1) is 0 Å². The average molecular weight is 349 g/mol. The molecule has 1 aliphatic rings. The van der Waals surface area contributed by atoms with Gasteiger partial charge < -0.3 is 15.2 Å². The van der Waals surface area contributed by atoms with Crippen LogP contribution in [0.3, 0.4) is 0 Å². The highest BCUT2D eigenvalue weighted by molar-refractivity contribution is 9.10. The van der Waals surface area contributed by atoms with Gasteiger partial charge in [0.1, 0.15) is 0 Å². The molecule has 1 aromatic carbocycles. The Bertz CT molecular complexity index is 528. The number of carboxylic acid groups (broad SMARTS) is 1. The Labute approximate surface area is 123 Å². The summed E-state index contributed by atoms with van der Waals surface area (Å²) in [4.78, 5) is 23.5. The SMILES string of the molecule is O=C(NC1(C(=O)O)CCOC1)c1cc(Cl)ccc1Br. The van der Waals surface area contributed by atoms with Gasteiger partial charge in [-0.1, -0.05) is 11.6 Å². The van der Waals surface area contributed by atoms with Crippen molar-refractivity contribution in [2.75, 3.05) is 13.2 Å². The van der Waals surface area contributed by atoms with E-state index in [1.165, 1.54) is 6.07 Å². The highest BCUT2D eigenvalue weighted by Gasteiger charge is 2.44. The fourth-order valence-electron chi connectivity index (χ4n) is 1.84. The van der Waals surface area contributed by atoms with E-state index in [-0.39, 0.29) is 13.0 Å². The van der Waals surface area contributed by atoms with Gasteiger partial charge in [0.25, 0.3) is 5.91 Å². The fourth-order valence-corrected chi connectivity index (χ4v) is 2.44. The number of benzene rings is 1. The summed E-state index contributed by atoms with van der Waals surface area (Å²) in [6.45, 7) is 0.273. The van der Waals surface area contributed by atoms with Crippen LogP contribution in [-0.4, -0.2) is 35.7 Å². The van der Waals surface area contributed by atoms with Crippen molar-refractivity contribution in [2.45, 2.75) is 12.0 Å². The summed E-state index contributed by atoms with van der Waals surface area (Å²) in [6.07, 6.45) is 0.242. The van der Waals surface area contributed by atoms with E-state index in [2.05, 4.69) is 21.2 Å². The van der Waals surface area contributed by atoms with Gasteiger partial charge in [0, 0.05) is 22.5 Å². The second-order valence-electron chi connectivity index (χ2n) is 4.27. The van der Waals surface area contributed by atoms with Crippen LogP contribution in [0.15, 0.2) is 22.7 Å². The highest BCUT2D eigenvalue weighted by Crippen LogP contribution is 2.24. The first kappa shape index (κ1) is 14.3. The lowest BCUT2D eigenvalue weighted by Gasteiger charge is -2.24. The average Bonchev–Trinajstić information content (AvgIpc) is 2.82. The normalized spacial score (nSPS) is 22.2. The molecule has 0 radical (unpaired) electrons. The topological polar surface area (TPSA) is 75.6 Å². The van der Waals surface area contributed by atoms with Crippen molar-refractivity contribution in [3.05, 3.63) is 33.3 Å². The summed E-state index contributed by atoms with van der Waals surface area (Å²) in [5.41, 5.74) is -1.07. The zero-order chi connectivity index (χ0) is 14.0. The van der Waals surface area contributed by atoms with E-state index in [0.29, 0.717) is 21.7 Å². The molecular weight excluding hydrogens is 337 g/mol. The van der Waals surface area contributed by atoms with Crippen molar-refractivity contribution in [3.8, 4) is 0 Å². The van der Waals surface area contributed by atoms with Gasteiger partial charge >= 0.3 is 5.97 Å². The van der Waals surface area contributed by atoms with Gasteiger partial charge in [-0.25, -0.2) is 4.79 Å². The molecular formula is C12H11BrClNO4. The maximum absolute atomic E-state index is 12.2. The molecule has 0 spiro atoms. The van der Waals surface area contributed by atoms with Crippen molar-refractivity contribution >= 4 is 39.4 Å². The Hall–Kier alpha value is -1.11. The van der Waals surface area contributed by atoms with Crippen molar-refractivity contribution in [2.24, 2.45) is 0 Å². The molecule has 2 rings (SSSR count). The van der Waals surface area contributed by atoms with E-state index in [0.717, 1.165) is 0 Å². The molecule has 0 bridgehead atoms. The molecule has 0 aromatic heterocycles. The molecule has 1 aromatic rings. The van der Waals surface area contributed by atoms with Crippen LogP contribution in [0.4, 0.5) is 0 Å². The minimum absolute atomic E-state index is 0.0355. The van der Waals surface area contributed by atoms with Crippen LogP contribution < -0.4 is 5.32 Å². The Balaban J connectivity index is 2.25. The third kappa shape index (κ3) is 2.91. The number of nitrogens with one attached hydrogen (secondary N) is 1. The first-order valence-electron chi connectivity index (χ1n) is 5.53. The molecule has 1 saturated heterocycles. The minimum Gasteiger partial charge on any atom is -0.479 e. The number of halogens is 2. The maximum atomic E-state index is 12.2. The van der Waals surface area contributed by atoms with Gasteiger partial charge in [-0.3, -0.25) is 4.79 Å².